The summed E-state index contributed by atoms with van der Waals surface area (Å²) in [5.74, 6) is 0.684. The molecule has 1 nitrogen and oxygen atoms in total. The average Bonchev–Trinajstić information content (AvgIpc) is 2.48. The molecule has 0 saturated carbocycles. The van der Waals surface area contributed by atoms with Crippen molar-refractivity contribution in [2.45, 2.75) is 13.0 Å². The molecule has 0 aromatic heterocycles. The molecular weight excluding hydrogens is 203 g/mol. The highest BCUT2D eigenvalue weighted by Gasteiger charge is 2.15. The van der Waals surface area contributed by atoms with Crippen LogP contribution in [0.5, 0.6) is 5.75 Å². The Morgan fingerprint density at radius 2 is 1.75 bits per heavy atom. The molecule has 2 aromatic rings. The predicted octanol–water partition coefficient (Wildman–Crippen LogP) is 3.31. The molecule has 0 N–H and O–H groups in total. The summed E-state index contributed by atoms with van der Waals surface area (Å²) in [4.78, 5) is 0. The summed E-state index contributed by atoms with van der Waals surface area (Å²) in [7, 11) is 0. The largest absolute Gasteiger partial charge is 0.488 e. The van der Waals surface area contributed by atoms with Gasteiger partial charge in [0.05, 0.1) is 0 Å². The van der Waals surface area contributed by atoms with Gasteiger partial charge in [-0.1, -0.05) is 30.3 Å². The Bertz CT molecular complexity index is 534. The van der Waals surface area contributed by atoms with E-state index in [1.54, 1.807) is 6.07 Å². The van der Waals surface area contributed by atoms with Crippen molar-refractivity contribution in [2.75, 3.05) is 0 Å². The van der Waals surface area contributed by atoms with Crippen LogP contribution in [0.4, 0.5) is 4.39 Å². The van der Waals surface area contributed by atoms with E-state index >= 15 is 0 Å². The van der Waals surface area contributed by atoms with Crippen molar-refractivity contribution >= 4 is 0 Å². The third-order valence-corrected chi connectivity index (χ3v) is 2.94. The van der Waals surface area contributed by atoms with E-state index < -0.39 is 0 Å². The molecule has 0 unspecified atom stereocenters. The molecule has 16 heavy (non-hydrogen) atoms. The lowest BCUT2D eigenvalue weighted by atomic mass is 10.0. The zero-order valence-corrected chi connectivity index (χ0v) is 8.74. The second kappa shape index (κ2) is 3.63. The summed E-state index contributed by atoms with van der Waals surface area (Å²) in [6, 6.07) is 13.1. The van der Waals surface area contributed by atoms with Gasteiger partial charge in [0.25, 0.3) is 0 Å². The maximum atomic E-state index is 13.6. The van der Waals surface area contributed by atoms with Crippen LogP contribution in [-0.4, -0.2) is 0 Å². The fraction of sp³-hybridized carbons (Fsp3) is 0.143. The zero-order valence-electron chi connectivity index (χ0n) is 8.74. The first-order valence-electron chi connectivity index (χ1n) is 5.31. The van der Waals surface area contributed by atoms with Crippen LogP contribution in [0, 0.1) is 5.82 Å². The molecule has 0 amide bonds. The quantitative estimate of drug-likeness (QED) is 0.653. The van der Waals surface area contributed by atoms with Crippen LogP contribution < -0.4 is 4.74 Å². The first-order valence-corrected chi connectivity index (χ1v) is 5.31. The van der Waals surface area contributed by atoms with E-state index in [1.807, 2.05) is 30.3 Å². The Hall–Kier alpha value is -1.83. The van der Waals surface area contributed by atoms with Gasteiger partial charge in [-0.05, 0) is 23.3 Å². The van der Waals surface area contributed by atoms with Crippen LogP contribution in [0.15, 0.2) is 42.5 Å². The number of halogens is 1. The SMILES string of the molecule is Fc1cccc2c1COc1ccccc1C2. The van der Waals surface area contributed by atoms with E-state index in [4.69, 9.17) is 4.74 Å². The number of hydrogen-bond donors (Lipinski definition) is 0. The van der Waals surface area contributed by atoms with E-state index in [0.29, 0.717) is 12.2 Å². The van der Waals surface area contributed by atoms with Crippen molar-refractivity contribution in [1.82, 2.24) is 0 Å². The number of benzene rings is 2. The number of hydrogen-bond acceptors (Lipinski definition) is 1. The summed E-state index contributed by atoms with van der Waals surface area (Å²) in [5.41, 5.74) is 2.82. The summed E-state index contributed by atoms with van der Waals surface area (Å²) in [6.07, 6.45) is 0.739. The minimum absolute atomic E-state index is 0.176. The third kappa shape index (κ3) is 1.47. The van der Waals surface area contributed by atoms with Crippen molar-refractivity contribution in [3.63, 3.8) is 0 Å². The van der Waals surface area contributed by atoms with Crippen LogP contribution in [-0.2, 0) is 13.0 Å². The molecule has 2 aromatic carbocycles. The molecule has 1 aliphatic rings. The monoisotopic (exact) mass is 214 g/mol. The molecule has 0 bridgehead atoms. The van der Waals surface area contributed by atoms with Gasteiger partial charge in [0.15, 0.2) is 0 Å². The fourth-order valence-electron chi connectivity index (χ4n) is 2.08. The zero-order chi connectivity index (χ0) is 11.0. The van der Waals surface area contributed by atoms with E-state index in [9.17, 15) is 4.39 Å². The normalized spacial score (nSPS) is 13.3. The highest BCUT2D eigenvalue weighted by Crippen LogP contribution is 2.28. The maximum absolute atomic E-state index is 13.6. The predicted molar refractivity (Wildman–Crippen MR) is 60.0 cm³/mol. The van der Waals surface area contributed by atoms with E-state index in [1.165, 1.54) is 6.07 Å². The topological polar surface area (TPSA) is 9.23 Å². The Morgan fingerprint density at radius 1 is 0.938 bits per heavy atom. The van der Waals surface area contributed by atoms with Crippen LogP contribution in [0.25, 0.3) is 0 Å². The molecule has 0 fully saturated rings. The van der Waals surface area contributed by atoms with E-state index in [2.05, 4.69) is 0 Å². The molecule has 0 atom stereocenters. The van der Waals surface area contributed by atoms with Gasteiger partial charge >= 0.3 is 0 Å². The molecule has 3 rings (SSSR count). The van der Waals surface area contributed by atoms with Gasteiger partial charge in [-0.15, -0.1) is 0 Å². The van der Waals surface area contributed by atoms with Crippen LogP contribution in [0.3, 0.4) is 0 Å². The van der Waals surface area contributed by atoms with Crippen LogP contribution in [0.2, 0.25) is 0 Å². The van der Waals surface area contributed by atoms with Gasteiger partial charge in [-0.3, -0.25) is 0 Å². The molecule has 1 aliphatic heterocycles. The summed E-state index contributed by atoms with van der Waals surface area (Å²) in [6.45, 7) is 0.318. The van der Waals surface area contributed by atoms with Crippen molar-refractivity contribution in [1.29, 1.82) is 0 Å². The smallest absolute Gasteiger partial charge is 0.130 e. The molecule has 2 heteroatoms. The molecule has 1 heterocycles. The summed E-state index contributed by atoms with van der Waals surface area (Å²) < 4.78 is 19.2. The van der Waals surface area contributed by atoms with Gasteiger partial charge in [0.2, 0.25) is 0 Å². The van der Waals surface area contributed by atoms with Crippen molar-refractivity contribution < 1.29 is 9.13 Å². The van der Waals surface area contributed by atoms with Crippen LogP contribution >= 0.6 is 0 Å². The number of rotatable bonds is 0. The van der Waals surface area contributed by atoms with Crippen molar-refractivity contribution in [3.05, 3.63) is 65.0 Å². The fourth-order valence-corrected chi connectivity index (χ4v) is 2.08. The van der Waals surface area contributed by atoms with Gasteiger partial charge in [-0.25, -0.2) is 4.39 Å². The Labute approximate surface area is 93.5 Å². The molecule has 80 valence electrons. The van der Waals surface area contributed by atoms with E-state index in [0.717, 1.165) is 23.3 Å². The lowest BCUT2D eigenvalue weighted by molar-refractivity contribution is 0.301. The molecular formula is C14H11FO. The highest BCUT2D eigenvalue weighted by molar-refractivity contribution is 5.42. The minimum atomic E-state index is -0.176. The third-order valence-electron chi connectivity index (χ3n) is 2.94. The van der Waals surface area contributed by atoms with Crippen molar-refractivity contribution in [3.8, 4) is 5.75 Å². The highest BCUT2D eigenvalue weighted by atomic mass is 19.1. The maximum Gasteiger partial charge on any atom is 0.130 e. The molecule has 0 saturated heterocycles. The van der Waals surface area contributed by atoms with E-state index in [-0.39, 0.29) is 5.82 Å². The second-order valence-electron chi connectivity index (χ2n) is 3.95. The Balaban J connectivity index is 2.12. The van der Waals surface area contributed by atoms with Crippen LogP contribution in [0.1, 0.15) is 16.7 Å². The van der Waals surface area contributed by atoms with Gasteiger partial charge in [0.1, 0.15) is 18.2 Å². The lowest BCUT2D eigenvalue weighted by Gasteiger charge is -2.05. The summed E-state index contributed by atoms with van der Waals surface area (Å²) >= 11 is 0. The van der Waals surface area contributed by atoms with Crippen molar-refractivity contribution in [2.24, 2.45) is 0 Å². The first kappa shape index (κ1) is 9.40. The number of para-hydroxylation sites is 1. The average molecular weight is 214 g/mol. The summed E-state index contributed by atoms with van der Waals surface area (Å²) in [5, 5.41) is 0. The standard InChI is InChI=1S/C14H11FO/c15-13-6-3-5-10-8-11-4-1-2-7-14(11)16-9-12(10)13/h1-7H,8-9H2. The Kier molecular flexibility index (Phi) is 2.13. The minimum Gasteiger partial charge on any atom is -0.488 e. The molecule has 0 aliphatic carbocycles. The molecule has 0 spiro atoms. The number of ether oxygens (including phenoxy) is 1. The first-order chi connectivity index (χ1) is 7.84. The Morgan fingerprint density at radius 3 is 2.69 bits per heavy atom. The van der Waals surface area contributed by atoms with Gasteiger partial charge in [0, 0.05) is 12.0 Å². The lowest BCUT2D eigenvalue weighted by Crippen LogP contribution is -1.99. The molecule has 0 radical (unpaired) electrons. The second-order valence-corrected chi connectivity index (χ2v) is 3.95. The van der Waals surface area contributed by atoms with Gasteiger partial charge in [-0.2, -0.15) is 0 Å². The number of fused-ring (bicyclic) bond motifs is 2. The van der Waals surface area contributed by atoms with Gasteiger partial charge < -0.3 is 4.74 Å².